The molecule has 1 aliphatic heterocycles. The van der Waals surface area contributed by atoms with Crippen LogP contribution in [0.3, 0.4) is 0 Å². The minimum Gasteiger partial charge on any atom is -0.461 e. The van der Waals surface area contributed by atoms with Crippen LogP contribution in [0, 0.1) is 6.92 Å². The van der Waals surface area contributed by atoms with Crippen LogP contribution in [-0.4, -0.2) is 33.6 Å². The Hall–Kier alpha value is -2.12. The molecule has 0 saturated heterocycles. The van der Waals surface area contributed by atoms with Crippen LogP contribution in [0.4, 0.5) is 0 Å². The molecule has 0 radical (unpaired) electrons. The number of thiophene rings is 1. The lowest BCUT2D eigenvalue weighted by atomic mass is 10.1. The minimum atomic E-state index is 0.00435. The average molecular weight is 371 g/mol. The molecule has 0 aromatic carbocycles. The largest absolute Gasteiger partial charge is 0.461 e. The Bertz CT molecular complexity index is 919. The van der Waals surface area contributed by atoms with E-state index in [1.165, 1.54) is 22.2 Å². The van der Waals surface area contributed by atoms with Crippen molar-refractivity contribution in [3.8, 4) is 11.6 Å². The third-order valence-electron chi connectivity index (χ3n) is 4.30. The summed E-state index contributed by atoms with van der Waals surface area (Å²) in [5, 5.41) is 2.79. The van der Waals surface area contributed by atoms with Crippen LogP contribution in [0.15, 0.2) is 39.3 Å². The molecular formula is C18H17N3O2S2. The molecule has 0 unspecified atom stereocenters. The lowest BCUT2D eigenvalue weighted by Gasteiger charge is -2.28. The van der Waals surface area contributed by atoms with Crippen molar-refractivity contribution in [1.29, 1.82) is 0 Å². The van der Waals surface area contributed by atoms with Gasteiger partial charge in [-0.2, -0.15) is 0 Å². The summed E-state index contributed by atoms with van der Waals surface area (Å²) in [5.74, 6) is 1.13. The van der Waals surface area contributed by atoms with Gasteiger partial charge in [0.15, 0.2) is 11.6 Å². The highest BCUT2D eigenvalue weighted by Crippen LogP contribution is 2.29. The zero-order valence-electron chi connectivity index (χ0n) is 14.0. The number of nitrogens with zero attached hydrogens (tertiary/aromatic N) is 3. The Morgan fingerprint density at radius 1 is 1.36 bits per heavy atom. The second-order valence-electron chi connectivity index (χ2n) is 5.84. The quantitative estimate of drug-likeness (QED) is 0.514. The molecule has 0 atom stereocenters. The summed E-state index contributed by atoms with van der Waals surface area (Å²) in [7, 11) is 0. The Morgan fingerprint density at radius 2 is 2.24 bits per heavy atom. The van der Waals surface area contributed by atoms with Gasteiger partial charge in [0.2, 0.25) is 0 Å². The van der Waals surface area contributed by atoms with E-state index in [-0.39, 0.29) is 5.91 Å². The van der Waals surface area contributed by atoms with Crippen LogP contribution in [0.1, 0.15) is 26.5 Å². The van der Waals surface area contributed by atoms with Gasteiger partial charge in [-0.1, -0.05) is 0 Å². The van der Waals surface area contributed by atoms with Crippen molar-refractivity contribution in [2.75, 3.05) is 12.8 Å². The van der Waals surface area contributed by atoms with Crippen molar-refractivity contribution in [1.82, 2.24) is 14.9 Å². The van der Waals surface area contributed by atoms with Crippen molar-refractivity contribution >= 4 is 29.0 Å². The molecule has 0 aliphatic carbocycles. The van der Waals surface area contributed by atoms with Crippen LogP contribution < -0.4 is 0 Å². The molecule has 0 saturated carbocycles. The fraction of sp³-hybridized carbons (Fsp3) is 0.278. The number of thioether (sulfide) groups is 1. The predicted octanol–water partition coefficient (Wildman–Crippen LogP) is 4.03. The number of hydrogen-bond donors (Lipinski definition) is 0. The molecule has 1 aliphatic rings. The molecule has 0 fully saturated rings. The SMILES string of the molecule is CSc1nc(-c2ccco2)nc(C)c1C(=O)N1CCc2sccc2C1. The zero-order chi connectivity index (χ0) is 17.4. The number of aryl methyl sites for hydroxylation is 1. The number of carbonyl (C=O) groups is 1. The maximum atomic E-state index is 13.1. The highest BCUT2D eigenvalue weighted by Gasteiger charge is 2.27. The van der Waals surface area contributed by atoms with E-state index in [0.717, 1.165) is 13.0 Å². The van der Waals surface area contributed by atoms with Crippen molar-refractivity contribution in [3.05, 3.63) is 51.5 Å². The van der Waals surface area contributed by atoms with Crippen LogP contribution in [0.25, 0.3) is 11.6 Å². The van der Waals surface area contributed by atoms with Gasteiger partial charge in [-0.15, -0.1) is 23.1 Å². The predicted molar refractivity (Wildman–Crippen MR) is 99.0 cm³/mol. The van der Waals surface area contributed by atoms with Crippen molar-refractivity contribution in [3.63, 3.8) is 0 Å². The number of furan rings is 1. The lowest BCUT2D eigenvalue weighted by molar-refractivity contribution is 0.0730. The van der Waals surface area contributed by atoms with Crippen LogP contribution in [0.2, 0.25) is 0 Å². The second kappa shape index (κ2) is 6.65. The molecule has 4 rings (SSSR count). The van der Waals surface area contributed by atoms with E-state index in [4.69, 9.17) is 4.42 Å². The van der Waals surface area contributed by atoms with Gasteiger partial charge >= 0.3 is 0 Å². The summed E-state index contributed by atoms with van der Waals surface area (Å²) in [6.07, 6.45) is 4.44. The highest BCUT2D eigenvalue weighted by atomic mass is 32.2. The summed E-state index contributed by atoms with van der Waals surface area (Å²) < 4.78 is 5.39. The summed E-state index contributed by atoms with van der Waals surface area (Å²) in [6.45, 7) is 3.26. The summed E-state index contributed by atoms with van der Waals surface area (Å²) >= 11 is 3.23. The Morgan fingerprint density at radius 3 is 3.00 bits per heavy atom. The van der Waals surface area contributed by atoms with E-state index in [1.807, 2.05) is 24.1 Å². The Labute approximate surface area is 154 Å². The maximum Gasteiger partial charge on any atom is 0.258 e. The van der Waals surface area contributed by atoms with Gasteiger partial charge in [0, 0.05) is 18.0 Å². The first-order chi connectivity index (χ1) is 12.2. The lowest BCUT2D eigenvalue weighted by Crippen LogP contribution is -2.36. The monoisotopic (exact) mass is 371 g/mol. The average Bonchev–Trinajstić information content (AvgIpc) is 3.31. The van der Waals surface area contributed by atoms with Gasteiger partial charge in [-0.25, -0.2) is 9.97 Å². The molecule has 25 heavy (non-hydrogen) atoms. The van der Waals surface area contributed by atoms with Gasteiger partial charge in [0.1, 0.15) is 5.03 Å². The molecule has 0 bridgehead atoms. The van der Waals surface area contributed by atoms with E-state index in [9.17, 15) is 4.79 Å². The third-order valence-corrected chi connectivity index (χ3v) is 6.01. The molecule has 3 aromatic rings. The first-order valence-electron chi connectivity index (χ1n) is 7.98. The molecule has 1 amide bonds. The smallest absolute Gasteiger partial charge is 0.258 e. The third kappa shape index (κ3) is 2.98. The zero-order valence-corrected chi connectivity index (χ0v) is 15.6. The summed E-state index contributed by atoms with van der Waals surface area (Å²) in [4.78, 5) is 25.5. The van der Waals surface area contributed by atoms with E-state index < -0.39 is 0 Å². The first kappa shape index (κ1) is 16.4. The molecule has 4 heterocycles. The van der Waals surface area contributed by atoms with Crippen molar-refractivity contribution in [2.45, 2.75) is 24.9 Å². The number of carbonyl (C=O) groups excluding carboxylic acids is 1. The van der Waals surface area contributed by atoms with Crippen molar-refractivity contribution in [2.24, 2.45) is 0 Å². The van der Waals surface area contributed by atoms with Gasteiger partial charge in [-0.3, -0.25) is 4.79 Å². The Balaban J connectivity index is 1.69. The van der Waals surface area contributed by atoms with E-state index in [0.29, 0.717) is 34.4 Å². The molecule has 0 N–H and O–H groups in total. The van der Waals surface area contributed by atoms with E-state index >= 15 is 0 Å². The highest BCUT2D eigenvalue weighted by molar-refractivity contribution is 7.98. The fourth-order valence-corrected chi connectivity index (χ4v) is 4.54. The number of fused-ring (bicyclic) bond motifs is 1. The number of amides is 1. The molecular weight excluding hydrogens is 354 g/mol. The van der Waals surface area contributed by atoms with Crippen LogP contribution in [0.5, 0.6) is 0 Å². The maximum absolute atomic E-state index is 13.1. The molecule has 5 nitrogen and oxygen atoms in total. The minimum absolute atomic E-state index is 0.00435. The van der Waals surface area contributed by atoms with Gasteiger partial charge in [0.05, 0.1) is 17.5 Å². The number of aromatic nitrogens is 2. The van der Waals surface area contributed by atoms with Gasteiger partial charge < -0.3 is 9.32 Å². The fourth-order valence-electron chi connectivity index (χ4n) is 3.04. The Kier molecular flexibility index (Phi) is 4.35. The summed E-state index contributed by atoms with van der Waals surface area (Å²) in [5.41, 5.74) is 2.54. The van der Waals surface area contributed by atoms with Gasteiger partial charge in [-0.05, 0) is 48.7 Å². The second-order valence-corrected chi connectivity index (χ2v) is 7.64. The van der Waals surface area contributed by atoms with Crippen LogP contribution in [-0.2, 0) is 13.0 Å². The number of hydrogen-bond acceptors (Lipinski definition) is 6. The number of rotatable bonds is 3. The first-order valence-corrected chi connectivity index (χ1v) is 10.1. The van der Waals surface area contributed by atoms with Gasteiger partial charge in [0.25, 0.3) is 5.91 Å². The normalized spacial score (nSPS) is 13.8. The van der Waals surface area contributed by atoms with Crippen LogP contribution >= 0.6 is 23.1 Å². The standard InChI is InChI=1S/C18H17N3O2S2/c1-11-15(17(24-2)20-16(19-11)13-4-3-8-23-13)18(22)21-7-5-14-12(10-21)6-9-25-14/h3-4,6,8-9H,5,7,10H2,1-2H3. The summed E-state index contributed by atoms with van der Waals surface area (Å²) in [6, 6.07) is 5.74. The van der Waals surface area contributed by atoms with Crippen molar-refractivity contribution < 1.29 is 9.21 Å². The molecule has 3 aromatic heterocycles. The van der Waals surface area contributed by atoms with E-state index in [2.05, 4.69) is 21.4 Å². The molecule has 7 heteroatoms. The molecule has 128 valence electrons. The molecule has 0 spiro atoms. The topological polar surface area (TPSA) is 59.2 Å². The van der Waals surface area contributed by atoms with E-state index in [1.54, 1.807) is 23.7 Å².